The first-order chi connectivity index (χ1) is 9.88. The van der Waals surface area contributed by atoms with Crippen LogP contribution in [0.2, 0.25) is 0 Å². The molecule has 0 aliphatic carbocycles. The van der Waals surface area contributed by atoms with Gasteiger partial charge in [0, 0.05) is 25.5 Å². The van der Waals surface area contributed by atoms with Crippen LogP contribution in [0.1, 0.15) is 18.3 Å². The number of para-hydroxylation sites is 2. The molecule has 5 nitrogen and oxygen atoms in total. The molecule has 0 radical (unpaired) electrons. The summed E-state index contributed by atoms with van der Waals surface area (Å²) in [7, 11) is 0. The van der Waals surface area contributed by atoms with E-state index in [2.05, 4.69) is 36.9 Å². The van der Waals surface area contributed by atoms with E-state index in [0.717, 1.165) is 42.9 Å². The van der Waals surface area contributed by atoms with Gasteiger partial charge in [-0.05, 0) is 24.6 Å². The van der Waals surface area contributed by atoms with E-state index in [1.165, 1.54) is 0 Å². The van der Waals surface area contributed by atoms with Crippen LogP contribution in [0, 0.1) is 0 Å². The molecule has 102 valence electrons. The summed E-state index contributed by atoms with van der Waals surface area (Å²) in [6.07, 6.45) is 5.05. The second-order valence-electron chi connectivity index (χ2n) is 5.36. The molecule has 1 aliphatic rings. The maximum Gasteiger partial charge on any atom is 0.121 e. The minimum atomic E-state index is 0.495. The highest BCUT2D eigenvalue weighted by Crippen LogP contribution is 2.22. The Labute approximate surface area is 117 Å². The van der Waals surface area contributed by atoms with Gasteiger partial charge in [0.25, 0.3) is 0 Å². The zero-order valence-corrected chi connectivity index (χ0v) is 11.2. The van der Waals surface area contributed by atoms with Crippen molar-refractivity contribution < 1.29 is 0 Å². The number of benzene rings is 1. The normalized spacial score (nSPS) is 19.9. The first-order valence-corrected chi connectivity index (χ1v) is 7.03. The van der Waals surface area contributed by atoms with Gasteiger partial charge in [-0.15, -0.1) is 0 Å². The largest absolute Gasteiger partial charge is 0.341 e. The van der Waals surface area contributed by atoms with E-state index < -0.39 is 0 Å². The van der Waals surface area contributed by atoms with Gasteiger partial charge in [0.1, 0.15) is 5.82 Å². The number of hydrogen-bond donors (Lipinski definition) is 1. The molecule has 4 rings (SSSR count). The van der Waals surface area contributed by atoms with E-state index in [4.69, 9.17) is 0 Å². The second-order valence-corrected chi connectivity index (χ2v) is 5.36. The van der Waals surface area contributed by atoms with E-state index >= 15 is 0 Å². The number of hydrogen-bond acceptors (Lipinski definition) is 3. The molecular weight excluding hydrogens is 250 g/mol. The summed E-state index contributed by atoms with van der Waals surface area (Å²) in [5.74, 6) is 1.05. The van der Waals surface area contributed by atoms with Crippen molar-refractivity contribution >= 4 is 11.0 Å². The van der Waals surface area contributed by atoms with Gasteiger partial charge in [-0.1, -0.05) is 12.1 Å². The first kappa shape index (κ1) is 11.7. The maximum absolute atomic E-state index is 4.64. The van der Waals surface area contributed by atoms with Gasteiger partial charge in [0.2, 0.25) is 0 Å². The predicted octanol–water partition coefficient (Wildman–Crippen LogP) is 2.21. The molecule has 0 bridgehead atoms. The maximum atomic E-state index is 4.64. The summed E-state index contributed by atoms with van der Waals surface area (Å²) in [5.41, 5.74) is 2.16. The fourth-order valence-corrected chi connectivity index (χ4v) is 2.96. The number of H-pyrrole nitrogens is 1. The molecule has 1 aliphatic heterocycles. The van der Waals surface area contributed by atoms with E-state index in [1.807, 2.05) is 30.5 Å². The molecule has 2 aromatic heterocycles. The molecule has 1 atom stereocenters. The van der Waals surface area contributed by atoms with Crippen molar-refractivity contribution in [3.63, 3.8) is 0 Å². The van der Waals surface area contributed by atoms with E-state index in [9.17, 15) is 0 Å². The molecule has 1 N–H and O–H groups in total. The van der Waals surface area contributed by atoms with Gasteiger partial charge >= 0.3 is 0 Å². The van der Waals surface area contributed by atoms with Crippen LogP contribution in [0.5, 0.6) is 0 Å². The average molecular weight is 267 g/mol. The van der Waals surface area contributed by atoms with Crippen LogP contribution in [-0.4, -0.2) is 37.7 Å². The number of nitrogens with zero attached hydrogens (tertiary/aromatic N) is 4. The van der Waals surface area contributed by atoms with Crippen LogP contribution in [-0.2, 0) is 6.54 Å². The van der Waals surface area contributed by atoms with Crippen molar-refractivity contribution in [3.05, 3.63) is 48.5 Å². The molecule has 1 aromatic carbocycles. The summed E-state index contributed by atoms with van der Waals surface area (Å²) < 4.78 is 2.07. The first-order valence-electron chi connectivity index (χ1n) is 7.03. The van der Waals surface area contributed by atoms with Crippen LogP contribution in [0.4, 0.5) is 0 Å². The Morgan fingerprint density at radius 3 is 3.05 bits per heavy atom. The third-order valence-electron chi connectivity index (χ3n) is 3.96. The number of fused-ring (bicyclic) bond motifs is 1. The van der Waals surface area contributed by atoms with Gasteiger partial charge in [0.15, 0.2) is 0 Å². The molecule has 1 saturated heterocycles. The van der Waals surface area contributed by atoms with Crippen molar-refractivity contribution in [1.82, 2.24) is 24.6 Å². The van der Waals surface area contributed by atoms with E-state index in [1.54, 1.807) is 0 Å². The van der Waals surface area contributed by atoms with Crippen molar-refractivity contribution in [1.29, 1.82) is 0 Å². The van der Waals surface area contributed by atoms with E-state index in [0.29, 0.717) is 6.04 Å². The molecule has 0 amide bonds. The third kappa shape index (κ3) is 2.10. The van der Waals surface area contributed by atoms with Crippen LogP contribution in [0.25, 0.3) is 11.0 Å². The van der Waals surface area contributed by atoms with E-state index in [-0.39, 0.29) is 0 Å². The lowest BCUT2D eigenvalue weighted by Gasteiger charge is -2.14. The van der Waals surface area contributed by atoms with Crippen molar-refractivity contribution in [2.75, 3.05) is 13.1 Å². The Bertz CT molecular complexity index is 667. The van der Waals surface area contributed by atoms with Crippen LogP contribution in [0.3, 0.4) is 0 Å². The lowest BCUT2D eigenvalue weighted by Crippen LogP contribution is -2.22. The average Bonchev–Trinajstić information content (AvgIpc) is 3.18. The third-order valence-corrected chi connectivity index (χ3v) is 3.96. The Balaban J connectivity index is 1.47. The summed E-state index contributed by atoms with van der Waals surface area (Å²) in [5, 5.41) is 4.34. The lowest BCUT2D eigenvalue weighted by atomic mass is 10.3. The molecular formula is C15H17N5. The van der Waals surface area contributed by atoms with Gasteiger partial charge < -0.3 is 4.98 Å². The van der Waals surface area contributed by atoms with Crippen molar-refractivity contribution in [3.8, 4) is 0 Å². The molecule has 3 aromatic rings. The highest BCUT2D eigenvalue weighted by atomic mass is 15.3. The summed E-state index contributed by atoms with van der Waals surface area (Å²) in [6, 6.07) is 10.7. The molecule has 0 spiro atoms. The fourth-order valence-electron chi connectivity index (χ4n) is 2.96. The number of rotatable bonds is 3. The molecule has 1 unspecified atom stereocenters. The fraction of sp³-hybridized carbons (Fsp3) is 0.333. The predicted molar refractivity (Wildman–Crippen MR) is 77.3 cm³/mol. The number of aromatic nitrogens is 4. The summed E-state index contributed by atoms with van der Waals surface area (Å²) >= 11 is 0. The Morgan fingerprint density at radius 1 is 1.25 bits per heavy atom. The topological polar surface area (TPSA) is 49.7 Å². The monoisotopic (exact) mass is 267 g/mol. The number of aromatic amines is 1. The zero-order chi connectivity index (χ0) is 13.4. The Morgan fingerprint density at radius 2 is 2.20 bits per heavy atom. The summed E-state index contributed by atoms with van der Waals surface area (Å²) in [4.78, 5) is 10.5. The smallest absolute Gasteiger partial charge is 0.121 e. The van der Waals surface area contributed by atoms with Crippen molar-refractivity contribution in [2.45, 2.75) is 19.0 Å². The molecule has 5 heteroatoms. The second kappa shape index (κ2) is 4.76. The number of nitrogens with one attached hydrogen (secondary N) is 1. The van der Waals surface area contributed by atoms with Gasteiger partial charge in [-0.25, -0.2) is 4.98 Å². The van der Waals surface area contributed by atoms with Crippen LogP contribution >= 0.6 is 0 Å². The van der Waals surface area contributed by atoms with Gasteiger partial charge in [-0.2, -0.15) is 5.10 Å². The highest BCUT2D eigenvalue weighted by molar-refractivity contribution is 5.74. The Kier molecular flexibility index (Phi) is 2.77. The quantitative estimate of drug-likeness (QED) is 0.791. The number of imidazole rings is 1. The van der Waals surface area contributed by atoms with Crippen LogP contribution in [0.15, 0.2) is 42.7 Å². The van der Waals surface area contributed by atoms with Gasteiger partial charge in [-0.3, -0.25) is 9.58 Å². The SMILES string of the molecule is c1ccc2[nH]c(CN3CCC(n4cccn4)C3)nc2c1. The lowest BCUT2D eigenvalue weighted by molar-refractivity contribution is 0.305. The van der Waals surface area contributed by atoms with Crippen molar-refractivity contribution in [2.24, 2.45) is 0 Å². The zero-order valence-electron chi connectivity index (χ0n) is 11.2. The molecule has 3 heterocycles. The minimum absolute atomic E-state index is 0.495. The minimum Gasteiger partial charge on any atom is -0.341 e. The highest BCUT2D eigenvalue weighted by Gasteiger charge is 2.24. The standard InChI is InChI=1S/C15H17N5/c1-2-5-14-13(4-1)17-15(18-14)11-19-9-6-12(10-19)20-8-3-7-16-20/h1-5,7-8,12H,6,9-11H2,(H,17,18). The van der Waals surface area contributed by atoms with Gasteiger partial charge in [0.05, 0.1) is 23.6 Å². The Hall–Kier alpha value is -2.14. The summed E-state index contributed by atoms with van der Waals surface area (Å²) in [6.45, 7) is 3.02. The molecule has 1 fully saturated rings. The molecule has 0 saturated carbocycles. The number of likely N-dealkylation sites (tertiary alicyclic amines) is 1. The molecule has 20 heavy (non-hydrogen) atoms. The van der Waals surface area contributed by atoms with Crippen LogP contribution < -0.4 is 0 Å².